The standard InChI is InChI=1S/C19H22ClN5O3S2/c1-4-24(5-2)30(27,28)16-9-10-17-22-23-19(25(17)12-16)29-13(3)18(26)21-15-8-6-7-14(20)11-15/h6-13H,4-5H2,1-3H3,(H,21,26)/t13-/m0/s1. The van der Waals surface area contributed by atoms with E-state index in [0.717, 1.165) is 0 Å². The first-order valence-corrected chi connectivity index (χ1v) is 12.0. The summed E-state index contributed by atoms with van der Waals surface area (Å²) in [6.07, 6.45) is 1.49. The first kappa shape index (κ1) is 22.5. The number of carbonyl (C=O) groups is 1. The number of anilines is 1. The average Bonchev–Trinajstić information content (AvgIpc) is 3.10. The summed E-state index contributed by atoms with van der Waals surface area (Å²) in [5.74, 6) is -0.231. The van der Waals surface area contributed by atoms with Gasteiger partial charge in [0.25, 0.3) is 0 Å². The molecular formula is C19H22ClN5O3S2. The summed E-state index contributed by atoms with van der Waals surface area (Å²) in [4.78, 5) is 12.7. The summed E-state index contributed by atoms with van der Waals surface area (Å²) < 4.78 is 28.6. The van der Waals surface area contributed by atoms with Crippen molar-refractivity contribution >= 4 is 50.6 Å². The maximum Gasteiger partial charge on any atom is 0.244 e. The Morgan fingerprint density at radius 2 is 1.97 bits per heavy atom. The molecule has 2 aromatic heterocycles. The number of pyridine rings is 1. The molecule has 160 valence electrons. The van der Waals surface area contributed by atoms with Crippen LogP contribution in [0.15, 0.2) is 52.6 Å². The molecule has 1 aromatic carbocycles. The Labute approximate surface area is 184 Å². The van der Waals surface area contributed by atoms with Crippen molar-refractivity contribution in [2.24, 2.45) is 0 Å². The van der Waals surface area contributed by atoms with Crippen molar-refractivity contribution in [3.8, 4) is 0 Å². The van der Waals surface area contributed by atoms with Crippen molar-refractivity contribution < 1.29 is 13.2 Å². The van der Waals surface area contributed by atoms with Gasteiger partial charge in [0.05, 0.1) is 10.1 Å². The molecule has 30 heavy (non-hydrogen) atoms. The number of carbonyl (C=O) groups excluding carboxylic acids is 1. The van der Waals surface area contributed by atoms with Crippen molar-refractivity contribution in [3.05, 3.63) is 47.6 Å². The Morgan fingerprint density at radius 3 is 2.63 bits per heavy atom. The summed E-state index contributed by atoms with van der Waals surface area (Å²) in [6.45, 7) is 6.07. The highest BCUT2D eigenvalue weighted by Crippen LogP contribution is 2.25. The van der Waals surface area contributed by atoms with Crippen LogP contribution in [-0.4, -0.2) is 51.6 Å². The smallest absolute Gasteiger partial charge is 0.244 e. The minimum absolute atomic E-state index is 0.149. The molecule has 2 heterocycles. The van der Waals surface area contributed by atoms with Gasteiger partial charge in [0.15, 0.2) is 10.8 Å². The molecule has 1 N–H and O–H groups in total. The average molecular weight is 468 g/mol. The Kier molecular flexibility index (Phi) is 7.02. The third-order valence-corrected chi connectivity index (χ3v) is 7.76. The molecule has 0 unspecified atom stereocenters. The molecule has 0 saturated carbocycles. The second-order valence-corrected chi connectivity index (χ2v) is 10.1. The number of fused-ring (bicyclic) bond motifs is 1. The fraction of sp³-hybridized carbons (Fsp3) is 0.316. The van der Waals surface area contributed by atoms with Crippen LogP contribution in [0.25, 0.3) is 5.65 Å². The van der Waals surface area contributed by atoms with E-state index in [-0.39, 0.29) is 10.8 Å². The van der Waals surface area contributed by atoms with Gasteiger partial charge in [-0.05, 0) is 37.3 Å². The minimum atomic E-state index is -3.62. The van der Waals surface area contributed by atoms with E-state index in [1.165, 1.54) is 28.3 Å². The second-order valence-electron chi connectivity index (χ2n) is 6.42. The SMILES string of the molecule is CCN(CC)S(=O)(=O)c1ccc2nnc(S[C@@H](C)C(=O)Nc3cccc(Cl)c3)n2c1. The predicted molar refractivity (Wildman–Crippen MR) is 118 cm³/mol. The lowest BCUT2D eigenvalue weighted by atomic mass is 10.3. The van der Waals surface area contributed by atoms with Crippen LogP contribution in [-0.2, 0) is 14.8 Å². The van der Waals surface area contributed by atoms with E-state index in [2.05, 4.69) is 15.5 Å². The lowest BCUT2D eigenvalue weighted by Crippen LogP contribution is -2.30. The fourth-order valence-corrected chi connectivity index (χ4v) is 5.29. The van der Waals surface area contributed by atoms with E-state index in [1.54, 1.807) is 55.5 Å². The number of benzene rings is 1. The van der Waals surface area contributed by atoms with Gasteiger partial charge in [-0.3, -0.25) is 9.20 Å². The molecule has 0 aliphatic carbocycles. The summed E-state index contributed by atoms with van der Waals surface area (Å²) in [6, 6.07) is 10.00. The summed E-state index contributed by atoms with van der Waals surface area (Å²) in [5, 5.41) is 11.4. The van der Waals surface area contributed by atoms with Gasteiger partial charge in [-0.15, -0.1) is 10.2 Å². The monoisotopic (exact) mass is 467 g/mol. The highest BCUT2D eigenvalue weighted by atomic mass is 35.5. The number of thioether (sulfide) groups is 1. The van der Waals surface area contributed by atoms with Crippen LogP contribution in [0.4, 0.5) is 5.69 Å². The van der Waals surface area contributed by atoms with Crippen LogP contribution in [0.3, 0.4) is 0 Å². The van der Waals surface area contributed by atoms with Gasteiger partial charge in [-0.1, -0.05) is 43.3 Å². The van der Waals surface area contributed by atoms with E-state index >= 15 is 0 Å². The summed E-state index contributed by atoms with van der Waals surface area (Å²) in [5.41, 5.74) is 1.09. The highest BCUT2D eigenvalue weighted by molar-refractivity contribution is 8.00. The molecule has 1 amide bonds. The maximum absolute atomic E-state index is 12.8. The number of halogens is 1. The third-order valence-electron chi connectivity index (χ3n) is 4.43. The van der Waals surface area contributed by atoms with Crippen molar-refractivity contribution in [3.63, 3.8) is 0 Å². The van der Waals surface area contributed by atoms with Gasteiger partial charge in [0, 0.05) is 30.0 Å². The number of nitrogens with one attached hydrogen (secondary N) is 1. The van der Waals surface area contributed by atoms with Crippen molar-refractivity contribution in [2.75, 3.05) is 18.4 Å². The second kappa shape index (κ2) is 9.34. The van der Waals surface area contributed by atoms with Crippen molar-refractivity contribution in [1.29, 1.82) is 0 Å². The minimum Gasteiger partial charge on any atom is -0.325 e. The van der Waals surface area contributed by atoms with Gasteiger partial charge >= 0.3 is 0 Å². The molecule has 8 nitrogen and oxygen atoms in total. The Morgan fingerprint density at radius 1 is 1.23 bits per heavy atom. The lowest BCUT2D eigenvalue weighted by molar-refractivity contribution is -0.115. The summed E-state index contributed by atoms with van der Waals surface area (Å²) in [7, 11) is -3.62. The number of amides is 1. The molecule has 3 rings (SSSR count). The molecule has 1 atom stereocenters. The molecule has 0 aliphatic rings. The van der Waals surface area contributed by atoms with Crippen molar-refractivity contribution in [1.82, 2.24) is 18.9 Å². The van der Waals surface area contributed by atoms with Gasteiger partial charge < -0.3 is 5.32 Å². The van der Waals surface area contributed by atoms with Crippen LogP contribution < -0.4 is 5.32 Å². The number of aromatic nitrogens is 3. The molecule has 0 saturated heterocycles. The normalized spacial score (nSPS) is 13.0. The van der Waals surface area contributed by atoms with Gasteiger partial charge in [-0.2, -0.15) is 4.31 Å². The Hall–Kier alpha value is -2.14. The number of hydrogen-bond donors (Lipinski definition) is 1. The molecule has 0 aliphatic heterocycles. The zero-order valence-electron chi connectivity index (χ0n) is 16.7. The van der Waals surface area contributed by atoms with Crippen LogP contribution >= 0.6 is 23.4 Å². The van der Waals surface area contributed by atoms with Crippen LogP contribution in [0.2, 0.25) is 5.02 Å². The van der Waals surface area contributed by atoms with E-state index in [0.29, 0.717) is 34.6 Å². The first-order valence-electron chi connectivity index (χ1n) is 9.34. The van der Waals surface area contributed by atoms with Crippen LogP contribution in [0.5, 0.6) is 0 Å². The zero-order chi connectivity index (χ0) is 21.9. The van der Waals surface area contributed by atoms with E-state index < -0.39 is 15.3 Å². The third kappa shape index (κ3) is 4.77. The predicted octanol–water partition coefficient (Wildman–Crippen LogP) is 3.53. The molecular weight excluding hydrogens is 446 g/mol. The summed E-state index contributed by atoms with van der Waals surface area (Å²) >= 11 is 7.14. The van der Waals surface area contributed by atoms with E-state index in [1.807, 2.05) is 0 Å². The van der Waals surface area contributed by atoms with Crippen molar-refractivity contribution in [2.45, 2.75) is 36.1 Å². The highest BCUT2D eigenvalue weighted by Gasteiger charge is 2.24. The molecule has 0 fully saturated rings. The Bertz CT molecular complexity index is 1160. The number of sulfonamides is 1. The number of rotatable bonds is 8. The molecule has 3 aromatic rings. The topological polar surface area (TPSA) is 96.7 Å². The molecule has 11 heteroatoms. The van der Waals surface area contributed by atoms with Crippen LogP contribution in [0, 0.1) is 0 Å². The lowest BCUT2D eigenvalue weighted by Gasteiger charge is -2.18. The quantitative estimate of drug-likeness (QED) is 0.509. The number of hydrogen-bond acceptors (Lipinski definition) is 6. The first-order chi connectivity index (χ1) is 14.3. The number of nitrogens with zero attached hydrogens (tertiary/aromatic N) is 4. The van der Waals surface area contributed by atoms with E-state index in [9.17, 15) is 13.2 Å². The molecule has 0 radical (unpaired) electrons. The van der Waals surface area contributed by atoms with Crippen LogP contribution in [0.1, 0.15) is 20.8 Å². The maximum atomic E-state index is 12.8. The largest absolute Gasteiger partial charge is 0.325 e. The molecule has 0 bridgehead atoms. The fourth-order valence-electron chi connectivity index (χ4n) is 2.82. The Balaban J connectivity index is 1.83. The van der Waals surface area contributed by atoms with E-state index in [4.69, 9.17) is 11.6 Å². The van der Waals surface area contributed by atoms with Gasteiger partial charge in [0.2, 0.25) is 15.9 Å². The molecule has 0 spiro atoms. The zero-order valence-corrected chi connectivity index (χ0v) is 19.1. The van der Waals surface area contributed by atoms with Gasteiger partial charge in [0.1, 0.15) is 0 Å². The van der Waals surface area contributed by atoms with Gasteiger partial charge in [-0.25, -0.2) is 8.42 Å².